The van der Waals surface area contributed by atoms with Gasteiger partial charge in [0, 0.05) is 6.54 Å². The molecule has 15 heavy (non-hydrogen) atoms. The van der Waals surface area contributed by atoms with Crippen LogP contribution in [0.3, 0.4) is 0 Å². The lowest BCUT2D eigenvalue weighted by molar-refractivity contribution is 0.413. The summed E-state index contributed by atoms with van der Waals surface area (Å²) in [5.41, 5.74) is 8.96. The highest BCUT2D eigenvalue weighted by atomic mass is 15.1. The molecule has 0 aliphatic carbocycles. The number of hydrogen-bond donors (Lipinski definition) is 3. The van der Waals surface area contributed by atoms with Crippen molar-refractivity contribution in [3.05, 3.63) is 11.4 Å². The molecule has 0 saturated carbocycles. The molecule has 1 aromatic rings. The summed E-state index contributed by atoms with van der Waals surface area (Å²) in [5.74, 6) is 1.12. The number of hydrogen-bond acceptors (Lipinski definition) is 3. The summed E-state index contributed by atoms with van der Waals surface area (Å²) in [6, 6.07) is 0. The van der Waals surface area contributed by atoms with E-state index in [4.69, 9.17) is 5.73 Å². The molecule has 1 atom stereocenters. The van der Waals surface area contributed by atoms with Gasteiger partial charge in [0.25, 0.3) is 0 Å². The zero-order valence-electron chi connectivity index (χ0n) is 10.1. The van der Waals surface area contributed by atoms with Gasteiger partial charge in [0.05, 0.1) is 17.1 Å². The maximum Gasteiger partial charge on any atom is 0.0825 e. The number of aromatic amines is 1. The second-order valence-electron chi connectivity index (χ2n) is 4.43. The molecule has 0 amide bonds. The summed E-state index contributed by atoms with van der Waals surface area (Å²) in [6.45, 7) is 10.1. The lowest BCUT2D eigenvalue weighted by atomic mass is 9.96. The number of aromatic nitrogens is 2. The van der Waals surface area contributed by atoms with Crippen LogP contribution in [0, 0.1) is 25.7 Å². The van der Waals surface area contributed by atoms with Crippen LogP contribution in [0.5, 0.6) is 0 Å². The van der Waals surface area contributed by atoms with Crippen LogP contribution in [0.4, 0.5) is 5.69 Å². The van der Waals surface area contributed by atoms with Crippen LogP contribution in [0.2, 0.25) is 0 Å². The van der Waals surface area contributed by atoms with Gasteiger partial charge in [0.1, 0.15) is 0 Å². The van der Waals surface area contributed by atoms with E-state index < -0.39 is 0 Å². The zero-order chi connectivity index (χ0) is 11.4. The minimum atomic E-state index is 0.513. The van der Waals surface area contributed by atoms with E-state index in [-0.39, 0.29) is 0 Å². The highest BCUT2D eigenvalue weighted by Gasteiger charge is 2.13. The molecular formula is C11H22N4. The Balaban J connectivity index is 2.56. The van der Waals surface area contributed by atoms with Crippen molar-refractivity contribution in [3.63, 3.8) is 0 Å². The number of anilines is 1. The second-order valence-corrected chi connectivity index (χ2v) is 4.43. The van der Waals surface area contributed by atoms with Gasteiger partial charge in [0.2, 0.25) is 0 Å². The lowest BCUT2D eigenvalue weighted by Crippen LogP contribution is -2.27. The summed E-state index contributed by atoms with van der Waals surface area (Å²) in [7, 11) is 0. The Labute approximate surface area is 91.6 Å². The van der Waals surface area contributed by atoms with E-state index in [2.05, 4.69) is 29.4 Å². The molecule has 1 unspecified atom stereocenters. The number of nitrogens with zero attached hydrogens (tertiary/aromatic N) is 1. The first-order valence-corrected chi connectivity index (χ1v) is 5.51. The Bertz CT molecular complexity index is 284. The van der Waals surface area contributed by atoms with Crippen molar-refractivity contribution in [2.45, 2.75) is 27.7 Å². The molecule has 4 nitrogen and oxygen atoms in total. The Morgan fingerprint density at radius 2 is 2.07 bits per heavy atom. The molecule has 0 fully saturated rings. The van der Waals surface area contributed by atoms with E-state index in [0.717, 1.165) is 30.2 Å². The summed E-state index contributed by atoms with van der Waals surface area (Å²) in [5, 5.41) is 10.5. The number of nitrogens with two attached hydrogens (primary N) is 1. The lowest BCUT2D eigenvalue weighted by Gasteiger charge is -2.19. The number of rotatable bonds is 5. The van der Waals surface area contributed by atoms with Crippen molar-refractivity contribution in [2.75, 3.05) is 18.4 Å². The Hall–Kier alpha value is -1.03. The monoisotopic (exact) mass is 210 g/mol. The van der Waals surface area contributed by atoms with Crippen LogP contribution in [0.15, 0.2) is 0 Å². The molecular weight excluding hydrogens is 188 g/mol. The summed E-state index contributed by atoms with van der Waals surface area (Å²) < 4.78 is 0. The van der Waals surface area contributed by atoms with Gasteiger partial charge in [-0.25, -0.2) is 0 Å². The Kier molecular flexibility index (Phi) is 4.15. The molecule has 0 radical (unpaired) electrons. The minimum absolute atomic E-state index is 0.513. The van der Waals surface area contributed by atoms with Crippen molar-refractivity contribution in [1.29, 1.82) is 0 Å². The summed E-state index contributed by atoms with van der Waals surface area (Å²) >= 11 is 0. The standard InChI is InChI=1S/C11H22N4/c1-7(2)10(5-12)6-13-11-8(3)14-15-9(11)4/h7,10,13H,5-6,12H2,1-4H3,(H,14,15). The van der Waals surface area contributed by atoms with Gasteiger partial charge in [0.15, 0.2) is 0 Å². The van der Waals surface area contributed by atoms with Crippen molar-refractivity contribution < 1.29 is 0 Å². The SMILES string of the molecule is Cc1n[nH]c(C)c1NCC(CN)C(C)C. The highest BCUT2D eigenvalue weighted by molar-refractivity contribution is 5.51. The maximum absolute atomic E-state index is 5.73. The smallest absolute Gasteiger partial charge is 0.0825 e. The first kappa shape index (κ1) is 12.0. The van der Waals surface area contributed by atoms with Gasteiger partial charge in [-0.15, -0.1) is 0 Å². The fourth-order valence-corrected chi connectivity index (χ4v) is 1.64. The first-order chi connectivity index (χ1) is 7.06. The van der Waals surface area contributed by atoms with E-state index >= 15 is 0 Å². The predicted octanol–water partition coefficient (Wildman–Crippen LogP) is 1.67. The molecule has 86 valence electrons. The molecule has 0 aromatic carbocycles. The highest BCUT2D eigenvalue weighted by Crippen LogP contribution is 2.18. The van der Waals surface area contributed by atoms with Crippen LogP contribution in [-0.4, -0.2) is 23.3 Å². The molecule has 0 bridgehead atoms. The van der Waals surface area contributed by atoms with Crippen molar-refractivity contribution >= 4 is 5.69 Å². The third-order valence-corrected chi connectivity index (χ3v) is 2.91. The van der Waals surface area contributed by atoms with Gasteiger partial charge < -0.3 is 11.1 Å². The Morgan fingerprint density at radius 3 is 2.47 bits per heavy atom. The van der Waals surface area contributed by atoms with Crippen LogP contribution >= 0.6 is 0 Å². The van der Waals surface area contributed by atoms with Gasteiger partial charge in [-0.3, -0.25) is 5.10 Å². The normalized spacial score (nSPS) is 13.2. The third kappa shape index (κ3) is 2.96. The molecule has 4 heteroatoms. The second kappa shape index (κ2) is 5.16. The van der Waals surface area contributed by atoms with Crippen molar-refractivity contribution in [2.24, 2.45) is 17.6 Å². The molecule has 1 rings (SSSR count). The van der Waals surface area contributed by atoms with Crippen LogP contribution < -0.4 is 11.1 Å². The summed E-state index contributed by atoms with van der Waals surface area (Å²) in [6.07, 6.45) is 0. The molecule has 0 aliphatic heterocycles. The number of H-pyrrole nitrogens is 1. The van der Waals surface area contributed by atoms with E-state index in [9.17, 15) is 0 Å². The summed E-state index contributed by atoms with van der Waals surface area (Å²) in [4.78, 5) is 0. The van der Waals surface area contributed by atoms with Gasteiger partial charge in [-0.1, -0.05) is 13.8 Å². The zero-order valence-corrected chi connectivity index (χ0v) is 10.1. The quantitative estimate of drug-likeness (QED) is 0.692. The maximum atomic E-state index is 5.73. The Morgan fingerprint density at radius 1 is 1.40 bits per heavy atom. The van der Waals surface area contributed by atoms with E-state index in [1.165, 1.54) is 0 Å². The first-order valence-electron chi connectivity index (χ1n) is 5.51. The number of aryl methyl sites for hydroxylation is 2. The topological polar surface area (TPSA) is 66.7 Å². The number of nitrogens with one attached hydrogen (secondary N) is 2. The van der Waals surface area contributed by atoms with E-state index in [1.807, 2.05) is 13.8 Å². The van der Waals surface area contributed by atoms with Gasteiger partial charge in [-0.05, 0) is 32.2 Å². The van der Waals surface area contributed by atoms with Gasteiger partial charge >= 0.3 is 0 Å². The van der Waals surface area contributed by atoms with Crippen molar-refractivity contribution in [1.82, 2.24) is 10.2 Å². The molecule has 0 spiro atoms. The third-order valence-electron chi connectivity index (χ3n) is 2.91. The van der Waals surface area contributed by atoms with E-state index in [0.29, 0.717) is 11.8 Å². The minimum Gasteiger partial charge on any atom is -0.382 e. The average molecular weight is 210 g/mol. The van der Waals surface area contributed by atoms with Crippen LogP contribution in [0.1, 0.15) is 25.2 Å². The van der Waals surface area contributed by atoms with Crippen LogP contribution in [0.25, 0.3) is 0 Å². The average Bonchev–Trinajstić information content (AvgIpc) is 2.49. The van der Waals surface area contributed by atoms with Crippen molar-refractivity contribution in [3.8, 4) is 0 Å². The predicted molar refractivity (Wildman–Crippen MR) is 63.9 cm³/mol. The molecule has 1 aromatic heterocycles. The van der Waals surface area contributed by atoms with Gasteiger partial charge in [-0.2, -0.15) is 5.10 Å². The van der Waals surface area contributed by atoms with E-state index in [1.54, 1.807) is 0 Å². The molecule has 4 N–H and O–H groups in total. The fourth-order valence-electron chi connectivity index (χ4n) is 1.64. The molecule has 0 saturated heterocycles. The largest absolute Gasteiger partial charge is 0.382 e. The molecule has 0 aliphatic rings. The molecule has 1 heterocycles. The fraction of sp³-hybridized carbons (Fsp3) is 0.727. The van der Waals surface area contributed by atoms with Crippen LogP contribution in [-0.2, 0) is 0 Å².